The van der Waals surface area contributed by atoms with Crippen molar-refractivity contribution in [2.45, 2.75) is 19.8 Å². The first-order valence-corrected chi connectivity index (χ1v) is 2.60. The van der Waals surface area contributed by atoms with Gasteiger partial charge in [0.1, 0.15) is 0 Å². The fourth-order valence-corrected chi connectivity index (χ4v) is 0.311. The maximum Gasteiger partial charge on any atom is -0.0463 e. The van der Waals surface area contributed by atoms with Crippen LogP contribution in [-0.2, 0) is 0 Å². The average Bonchev–Trinajstić information content (AvgIpc) is 1.69. The van der Waals surface area contributed by atoms with E-state index in [2.05, 4.69) is 19.6 Å². The molecule has 0 heterocycles. The van der Waals surface area contributed by atoms with Gasteiger partial charge in [-0.2, -0.15) is 0 Å². The Morgan fingerprint density at radius 1 is 1.71 bits per heavy atom. The summed E-state index contributed by atoms with van der Waals surface area (Å²) in [7, 11) is 0. The highest BCUT2D eigenvalue weighted by Crippen LogP contribution is 1.84. The highest BCUT2D eigenvalue weighted by Gasteiger charge is 1.60. The molecule has 7 heavy (non-hydrogen) atoms. The van der Waals surface area contributed by atoms with Gasteiger partial charge in [-0.15, -0.1) is 6.08 Å². The first-order chi connectivity index (χ1) is 3.41. The molecule has 0 N–H and O–H groups in total. The molecule has 0 bridgehead atoms. The Hall–Kier alpha value is -0.610. The van der Waals surface area contributed by atoms with E-state index in [1.165, 1.54) is 6.42 Å². The summed E-state index contributed by atoms with van der Waals surface area (Å²) in [6, 6.07) is 0. The topological polar surface area (TPSA) is 0 Å². The van der Waals surface area contributed by atoms with Crippen LogP contribution in [-0.4, -0.2) is 0 Å². The van der Waals surface area contributed by atoms with Gasteiger partial charge in [0.05, 0.1) is 0 Å². The quantitative estimate of drug-likeness (QED) is 0.365. The second kappa shape index (κ2) is 5.39. The molecule has 0 saturated carbocycles. The molecule has 0 fully saturated rings. The molecule has 0 unspecified atom stereocenters. The van der Waals surface area contributed by atoms with Gasteiger partial charge in [0.25, 0.3) is 0 Å². The Morgan fingerprint density at radius 2 is 2.43 bits per heavy atom. The summed E-state index contributed by atoms with van der Waals surface area (Å²) in [5.41, 5.74) is 2.89. The van der Waals surface area contributed by atoms with Gasteiger partial charge in [0.15, 0.2) is 0 Å². The van der Waals surface area contributed by atoms with Crippen LogP contribution in [0.25, 0.3) is 0 Å². The summed E-state index contributed by atoms with van der Waals surface area (Å²) < 4.78 is 0. The molecule has 0 aromatic rings. The van der Waals surface area contributed by atoms with Crippen molar-refractivity contribution in [3.8, 4) is 0 Å². The molecule has 0 aliphatic heterocycles. The summed E-state index contributed by atoms with van der Waals surface area (Å²) in [5, 5.41) is 0. The van der Waals surface area contributed by atoms with Gasteiger partial charge in [0, 0.05) is 0 Å². The molecule has 0 heteroatoms. The highest BCUT2D eigenvalue weighted by atomic mass is 13.7. The van der Waals surface area contributed by atoms with Crippen molar-refractivity contribution in [2.75, 3.05) is 0 Å². The van der Waals surface area contributed by atoms with Gasteiger partial charge < -0.3 is 5.73 Å². The maximum absolute atomic E-state index is 3.49. The smallest absolute Gasteiger partial charge is 0.0463 e. The molecular formula is C7H11-. The van der Waals surface area contributed by atoms with Gasteiger partial charge in [0.2, 0.25) is 0 Å². The van der Waals surface area contributed by atoms with Crippen molar-refractivity contribution in [1.82, 2.24) is 0 Å². The molecule has 0 spiro atoms. The number of hydrogen-bond donors (Lipinski definition) is 0. The van der Waals surface area contributed by atoms with E-state index in [0.29, 0.717) is 0 Å². The third-order valence-electron chi connectivity index (χ3n) is 0.669. The fraction of sp³-hybridized carbons (Fsp3) is 0.429. The van der Waals surface area contributed by atoms with E-state index in [1.807, 2.05) is 6.08 Å². The van der Waals surface area contributed by atoms with E-state index in [1.54, 1.807) is 6.08 Å². The molecule has 0 aliphatic carbocycles. The molecule has 40 valence electrons. The SMILES string of the molecule is [CH2-]C=C=CCCC. The molecule has 0 aromatic carbocycles. The molecule has 0 atom stereocenters. The lowest BCUT2D eigenvalue weighted by molar-refractivity contribution is 0.960. The van der Waals surface area contributed by atoms with Gasteiger partial charge in [-0.25, -0.2) is 13.0 Å². The molecule has 0 aliphatic rings. The first-order valence-electron chi connectivity index (χ1n) is 2.60. The zero-order valence-electron chi connectivity index (χ0n) is 4.78. The Bertz CT molecular complexity index is 74.0. The largest absolute Gasteiger partial charge is 0.354 e. The second-order valence-electron chi connectivity index (χ2n) is 1.36. The van der Waals surface area contributed by atoms with Gasteiger partial charge in [-0.05, 0) is 6.42 Å². The zero-order chi connectivity index (χ0) is 5.54. The van der Waals surface area contributed by atoms with Crippen LogP contribution in [0.2, 0.25) is 0 Å². The molecule has 0 radical (unpaired) electrons. The second-order valence-corrected chi connectivity index (χ2v) is 1.36. The Morgan fingerprint density at radius 3 is 2.86 bits per heavy atom. The molecule has 0 nitrogen and oxygen atoms in total. The summed E-state index contributed by atoms with van der Waals surface area (Å²) in [4.78, 5) is 0. The van der Waals surface area contributed by atoms with Crippen LogP contribution in [0.1, 0.15) is 19.8 Å². The predicted octanol–water partition coefficient (Wildman–Crippen LogP) is 2.33. The van der Waals surface area contributed by atoms with E-state index in [-0.39, 0.29) is 0 Å². The number of unbranched alkanes of at least 4 members (excludes halogenated alkanes) is 1. The fourth-order valence-electron chi connectivity index (χ4n) is 0.311. The Labute approximate surface area is 45.5 Å². The van der Waals surface area contributed by atoms with Crippen molar-refractivity contribution >= 4 is 0 Å². The first kappa shape index (κ1) is 6.39. The van der Waals surface area contributed by atoms with Crippen LogP contribution in [0.3, 0.4) is 0 Å². The molecular weight excluding hydrogens is 84.1 g/mol. The van der Waals surface area contributed by atoms with E-state index in [0.717, 1.165) is 6.42 Å². The number of rotatable bonds is 2. The van der Waals surface area contributed by atoms with Crippen LogP contribution in [0.5, 0.6) is 0 Å². The lowest BCUT2D eigenvalue weighted by Crippen LogP contribution is -1.54. The normalized spacial score (nSPS) is 7.00. The number of hydrogen-bond acceptors (Lipinski definition) is 0. The minimum absolute atomic E-state index is 1.12. The van der Waals surface area contributed by atoms with Crippen LogP contribution >= 0.6 is 0 Å². The summed E-state index contributed by atoms with van der Waals surface area (Å²) in [5.74, 6) is 0. The van der Waals surface area contributed by atoms with Gasteiger partial charge in [-0.1, -0.05) is 13.3 Å². The monoisotopic (exact) mass is 95.1 g/mol. The van der Waals surface area contributed by atoms with Crippen LogP contribution in [0.15, 0.2) is 17.9 Å². The summed E-state index contributed by atoms with van der Waals surface area (Å²) in [6.45, 7) is 5.63. The highest BCUT2D eigenvalue weighted by molar-refractivity contribution is 4.85. The minimum Gasteiger partial charge on any atom is -0.354 e. The molecule has 0 rings (SSSR count). The molecule has 0 saturated heterocycles. The van der Waals surface area contributed by atoms with E-state index < -0.39 is 0 Å². The maximum atomic E-state index is 3.49. The van der Waals surface area contributed by atoms with Crippen molar-refractivity contribution in [3.63, 3.8) is 0 Å². The lowest BCUT2D eigenvalue weighted by Gasteiger charge is -1.80. The van der Waals surface area contributed by atoms with E-state index >= 15 is 0 Å². The van der Waals surface area contributed by atoms with Gasteiger partial charge in [-0.3, -0.25) is 0 Å². The van der Waals surface area contributed by atoms with Crippen molar-refractivity contribution in [3.05, 3.63) is 24.8 Å². The summed E-state index contributed by atoms with van der Waals surface area (Å²) in [6.07, 6.45) is 5.98. The van der Waals surface area contributed by atoms with Gasteiger partial charge >= 0.3 is 0 Å². The van der Waals surface area contributed by atoms with Crippen LogP contribution < -0.4 is 0 Å². The Kier molecular flexibility index (Phi) is 4.92. The lowest BCUT2D eigenvalue weighted by atomic mass is 10.3. The third-order valence-corrected chi connectivity index (χ3v) is 0.669. The molecule has 0 amide bonds. The third kappa shape index (κ3) is 5.39. The van der Waals surface area contributed by atoms with Crippen LogP contribution in [0, 0.1) is 6.92 Å². The predicted molar refractivity (Wildman–Crippen MR) is 32.9 cm³/mol. The Balaban J connectivity index is 3.10. The van der Waals surface area contributed by atoms with Crippen LogP contribution in [0.4, 0.5) is 0 Å². The minimum atomic E-state index is 1.12. The van der Waals surface area contributed by atoms with Crippen molar-refractivity contribution < 1.29 is 0 Å². The zero-order valence-corrected chi connectivity index (χ0v) is 4.78. The number of allylic oxidation sites excluding steroid dienone is 1. The van der Waals surface area contributed by atoms with E-state index in [9.17, 15) is 0 Å². The average molecular weight is 95.2 g/mol. The van der Waals surface area contributed by atoms with Crippen molar-refractivity contribution in [1.29, 1.82) is 0 Å². The molecule has 0 aromatic heterocycles. The standard InChI is InChI=1S/C7H11/c1-3-5-7-6-4-2/h3,7H,1,4,6H2,2H3/q-1. The van der Waals surface area contributed by atoms with E-state index in [4.69, 9.17) is 0 Å². The summed E-state index contributed by atoms with van der Waals surface area (Å²) >= 11 is 0. The van der Waals surface area contributed by atoms with Crippen molar-refractivity contribution in [2.24, 2.45) is 0 Å².